The smallest absolute Gasteiger partial charge is 0.320 e. The van der Waals surface area contributed by atoms with Gasteiger partial charge in [0.25, 0.3) is 5.89 Å². The van der Waals surface area contributed by atoms with Crippen molar-refractivity contribution in [3.8, 4) is 34.0 Å². The molecule has 0 aliphatic rings. The van der Waals surface area contributed by atoms with Crippen molar-refractivity contribution in [2.24, 2.45) is 0 Å². The van der Waals surface area contributed by atoms with E-state index in [4.69, 9.17) is 14.0 Å². The fraction of sp³-hybridized carbons (Fsp3) is 0.323. The molecule has 4 aromatic rings. The summed E-state index contributed by atoms with van der Waals surface area (Å²) in [5, 5.41) is 4.24. The summed E-state index contributed by atoms with van der Waals surface area (Å²) in [4.78, 5) is 18.8. The third kappa shape index (κ3) is 6.94. The quantitative estimate of drug-likeness (QED) is 0.243. The molecule has 3 aromatic carbocycles. The largest absolute Gasteiger partial charge is 0.459 e. The number of aromatic nitrogens is 2. The van der Waals surface area contributed by atoms with E-state index in [0.29, 0.717) is 24.9 Å². The number of rotatable bonds is 9. The highest BCUT2D eigenvalue weighted by atomic mass is 16.6. The molecule has 0 bridgehead atoms. The first-order valence-corrected chi connectivity index (χ1v) is 12.6. The number of hydrogen-bond donors (Lipinski definition) is 0. The third-order valence-electron chi connectivity index (χ3n) is 5.97. The third-order valence-corrected chi connectivity index (χ3v) is 5.97. The van der Waals surface area contributed by atoms with Crippen molar-refractivity contribution in [3.05, 3.63) is 83.4 Å². The number of carbonyl (C=O) groups is 1. The van der Waals surface area contributed by atoms with E-state index in [9.17, 15) is 4.79 Å². The molecule has 0 saturated heterocycles. The molecule has 0 spiro atoms. The number of benzene rings is 3. The maximum atomic E-state index is 12.2. The van der Waals surface area contributed by atoms with Crippen LogP contribution in [0.15, 0.2) is 71.3 Å². The van der Waals surface area contributed by atoms with E-state index in [1.807, 2.05) is 81.2 Å². The van der Waals surface area contributed by atoms with Crippen molar-refractivity contribution in [3.63, 3.8) is 0 Å². The van der Waals surface area contributed by atoms with Gasteiger partial charge in [0.1, 0.15) is 5.60 Å². The lowest BCUT2D eigenvalue weighted by Gasteiger charge is -2.22. The highest BCUT2D eigenvalue weighted by molar-refractivity contribution is 5.74. The molecule has 4 rings (SSSR count). The average Bonchev–Trinajstić information content (AvgIpc) is 3.34. The molecule has 198 valence electrons. The van der Waals surface area contributed by atoms with E-state index < -0.39 is 5.60 Å². The summed E-state index contributed by atoms with van der Waals surface area (Å²) < 4.78 is 16.6. The highest BCUT2D eigenvalue weighted by Gasteiger charge is 2.18. The molecule has 0 unspecified atom stereocenters. The molecule has 0 N–H and O–H groups in total. The van der Waals surface area contributed by atoms with Crippen LogP contribution in [0.3, 0.4) is 0 Å². The van der Waals surface area contributed by atoms with Gasteiger partial charge < -0.3 is 14.0 Å². The van der Waals surface area contributed by atoms with Gasteiger partial charge in [-0.3, -0.25) is 9.69 Å². The molecule has 0 aliphatic heterocycles. The van der Waals surface area contributed by atoms with E-state index in [-0.39, 0.29) is 12.5 Å². The van der Waals surface area contributed by atoms with Crippen LogP contribution in [0.4, 0.5) is 0 Å². The molecule has 1 heterocycles. The van der Waals surface area contributed by atoms with Crippen LogP contribution in [0.5, 0.6) is 0 Å². The molecule has 0 atom stereocenters. The van der Waals surface area contributed by atoms with E-state index in [2.05, 4.69) is 35.3 Å². The van der Waals surface area contributed by atoms with Crippen LogP contribution < -0.4 is 0 Å². The Balaban J connectivity index is 1.52. The lowest BCUT2D eigenvalue weighted by atomic mass is 9.94. The van der Waals surface area contributed by atoms with Gasteiger partial charge in [-0.2, -0.15) is 4.98 Å². The molecule has 0 fully saturated rings. The zero-order valence-electron chi connectivity index (χ0n) is 22.9. The Morgan fingerprint density at radius 2 is 1.76 bits per heavy atom. The molecule has 1 aromatic heterocycles. The summed E-state index contributed by atoms with van der Waals surface area (Å²) in [7, 11) is 3.58. The molecular formula is C31H35N3O4. The van der Waals surface area contributed by atoms with E-state index in [1.54, 1.807) is 7.11 Å². The average molecular weight is 514 g/mol. The van der Waals surface area contributed by atoms with Gasteiger partial charge in [0.2, 0.25) is 5.82 Å². The normalized spacial score (nSPS) is 11.7. The fourth-order valence-corrected chi connectivity index (χ4v) is 4.37. The maximum absolute atomic E-state index is 12.2. The zero-order chi connectivity index (χ0) is 27.3. The van der Waals surface area contributed by atoms with Gasteiger partial charge in [0, 0.05) is 24.8 Å². The van der Waals surface area contributed by atoms with Crippen LogP contribution in [-0.2, 0) is 27.4 Å². The monoisotopic (exact) mass is 513 g/mol. The number of esters is 1. The van der Waals surface area contributed by atoms with Crippen LogP contribution in [0.25, 0.3) is 34.0 Å². The second kappa shape index (κ2) is 11.7. The van der Waals surface area contributed by atoms with Crippen molar-refractivity contribution >= 4 is 5.97 Å². The van der Waals surface area contributed by atoms with Gasteiger partial charge in [-0.25, -0.2) is 0 Å². The number of aryl methyl sites for hydroxylation is 1. The van der Waals surface area contributed by atoms with Gasteiger partial charge >= 0.3 is 5.97 Å². The summed E-state index contributed by atoms with van der Waals surface area (Å²) >= 11 is 0. The Morgan fingerprint density at radius 3 is 2.50 bits per heavy atom. The Bertz CT molecular complexity index is 1400. The van der Waals surface area contributed by atoms with Crippen molar-refractivity contribution in [1.29, 1.82) is 0 Å². The number of ether oxygens (including phenoxy) is 2. The summed E-state index contributed by atoms with van der Waals surface area (Å²) in [6.07, 6.45) is 0. The van der Waals surface area contributed by atoms with Gasteiger partial charge in [0.05, 0.1) is 13.2 Å². The van der Waals surface area contributed by atoms with Crippen molar-refractivity contribution < 1.29 is 18.8 Å². The molecular weight excluding hydrogens is 478 g/mol. The van der Waals surface area contributed by atoms with Gasteiger partial charge in [0.15, 0.2) is 0 Å². The second-order valence-corrected chi connectivity index (χ2v) is 10.5. The number of nitrogens with zero attached hydrogens (tertiary/aromatic N) is 3. The minimum atomic E-state index is -0.501. The van der Waals surface area contributed by atoms with Crippen molar-refractivity contribution in [2.75, 3.05) is 20.7 Å². The minimum absolute atomic E-state index is 0.205. The van der Waals surface area contributed by atoms with Crippen LogP contribution in [-0.4, -0.2) is 47.3 Å². The lowest BCUT2D eigenvalue weighted by molar-refractivity contribution is -0.155. The van der Waals surface area contributed by atoms with Crippen LogP contribution >= 0.6 is 0 Å². The second-order valence-electron chi connectivity index (χ2n) is 10.5. The fourth-order valence-electron chi connectivity index (χ4n) is 4.37. The topological polar surface area (TPSA) is 77.7 Å². The van der Waals surface area contributed by atoms with Gasteiger partial charge in [-0.1, -0.05) is 53.7 Å². The summed E-state index contributed by atoms with van der Waals surface area (Å²) in [5.74, 6) is 0.703. The SMILES string of the molecule is COCc1cc(-c2nc(-c3cccc(CN(C)CC(=O)OC(C)(C)C)c3)no2)ccc1-c1ccccc1C. The molecule has 0 amide bonds. The summed E-state index contributed by atoms with van der Waals surface area (Å²) in [5.41, 5.74) is 6.76. The van der Waals surface area contributed by atoms with Crippen molar-refractivity contribution in [2.45, 2.75) is 46.4 Å². The molecule has 0 radical (unpaired) electrons. The molecule has 7 heteroatoms. The Kier molecular flexibility index (Phi) is 8.39. The summed E-state index contributed by atoms with van der Waals surface area (Å²) in [6.45, 7) is 8.96. The molecule has 7 nitrogen and oxygen atoms in total. The number of carbonyl (C=O) groups excluding carboxylic acids is 1. The van der Waals surface area contributed by atoms with Gasteiger partial charge in [-0.15, -0.1) is 0 Å². The predicted molar refractivity (Wildman–Crippen MR) is 148 cm³/mol. The standard InChI is InChI=1S/C31H35N3O4/c1-21-10-7-8-13-26(21)27-15-14-24(17-25(27)20-36-6)30-32-29(33-38-30)23-12-9-11-22(16-23)18-34(5)19-28(35)37-31(2,3)4/h7-17H,18-20H2,1-6H3. The van der Waals surface area contributed by atoms with Gasteiger partial charge in [-0.05, 0) is 80.8 Å². The zero-order valence-corrected chi connectivity index (χ0v) is 22.9. The number of hydrogen-bond acceptors (Lipinski definition) is 7. The predicted octanol–water partition coefficient (Wildman–Crippen LogP) is 6.30. The first-order valence-electron chi connectivity index (χ1n) is 12.6. The van der Waals surface area contributed by atoms with Crippen LogP contribution in [0.1, 0.15) is 37.5 Å². The highest BCUT2D eigenvalue weighted by Crippen LogP contribution is 2.31. The maximum Gasteiger partial charge on any atom is 0.320 e. The van der Waals surface area contributed by atoms with Crippen LogP contribution in [0, 0.1) is 6.92 Å². The lowest BCUT2D eigenvalue weighted by Crippen LogP contribution is -2.32. The molecule has 0 saturated carbocycles. The Hall–Kier alpha value is -3.81. The number of likely N-dealkylation sites (N-methyl/N-ethyl adjacent to an activating group) is 1. The Labute approximate surface area is 224 Å². The first kappa shape index (κ1) is 27.2. The van der Waals surface area contributed by atoms with Crippen molar-refractivity contribution in [1.82, 2.24) is 15.0 Å². The first-order chi connectivity index (χ1) is 18.1. The molecule has 38 heavy (non-hydrogen) atoms. The van der Waals surface area contributed by atoms with E-state index >= 15 is 0 Å². The number of methoxy groups -OCH3 is 1. The van der Waals surface area contributed by atoms with Crippen LogP contribution in [0.2, 0.25) is 0 Å². The van der Waals surface area contributed by atoms with E-state index in [1.165, 1.54) is 11.1 Å². The van der Waals surface area contributed by atoms with E-state index in [0.717, 1.165) is 27.8 Å². The summed E-state index contributed by atoms with van der Waals surface area (Å²) in [6, 6.07) is 22.4. The molecule has 0 aliphatic carbocycles. The minimum Gasteiger partial charge on any atom is -0.459 e. The Morgan fingerprint density at radius 1 is 0.974 bits per heavy atom.